The summed E-state index contributed by atoms with van der Waals surface area (Å²) in [5, 5.41) is 0. The fourth-order valence-corrected chi connectivity index (χ4v) is 2.54. The molecule has 3 fully saturated rings. The molecular formula is C10H15NO. The maximum Gasteiger partial charge on any atom is 0.226 e. The molecule has 2 saturated carbocycles. The lowest BCUT2D eigenvalue weighted by molar-refractivity contribution is -0.157. The first kappa shape index (κ1) is 6.93. The van der Waals surface area contributed by atoms with Crippen molar-refractivity contribution in [1.29, 1.82) is 0 Å². The fraction of sp³-hybridized carbons (Fsp3) is 0.900. The third-order valence-corrected chi connectivity index (χ3v) is 3.85. The second kappa shape index (κ2) is 2.04. The van der Waals surface area contributed by atoms with Gasteiger partial charge >= 0.3 is 0 Å². The van der Waals surface area contributed by atoms with Crippen LogP contribution in [0.4, 0.5) is 0 Å². The van der Waals surface area contributed by atoms with Crippen LogP contribution in [-0.2, 0) is 4.79 Å². The molecule has 0 aromatic carbocycles. The van der Waals surface area contributed by atoms with E-state index in [2.05, 4.69) is 4.90 Å². The van der Waals surface area contributed by atoms with Gasteiger partial charge in [-0.25, -0.2) is 0 Å². The Morgan fingerprint density at radius 3 is 2.33 bits per heavy atom. The smallest absolute Gasteiger partial charge is 0.226 e. The predicted molar refractivity (Wildman–Crippen MR) is 45.6 cm³/mol. The first-order chi connectivity index (χ1) is 5.82. The Hall–Kier alpha value is -0.530. The molecule has 0 atom stereocenters. The number of carbonyl (C=O) groups is 1. The average Bonchev–Trinajstić information content (AvgIpc) is 2.60. The summed E-state index contributed by atoms with van der Waals surface area (Å²) in [5.41, 5.74) is 0.389. The summed E-state index contributed by atoms with van der Waals surface area (Å²) in [6.45, 7) is 1.05. The first-order valence-electron chi connectivity index (χ1n) is 5.13. The molecule has 0 N–H and O–H groups in total. The Morgan fingerprint density at radius 1 is 1.25 bits per heavy atom. The minimum atomic E-state index is 0.389. The molecular weight excluding hydrogens is 150 g/mol. The van der Waals surface area contributed by atoms with Gasteiger partial charge in [0.2, 0.25) is 5.91 Å². The van der Waals surface area contributed by atoms with E-state index in [1.165, 1.54) is 25.7 Å². The number of likely N-dealkylation sites (tertiary alicyclic amines) is 1. The quantitative estimate of drug-likeness (QED) is 0.577. The molecule has 1 aliphatic heterocycles. The summed E-state index contributed by atoms with van der Waals surface area (Å²) in [6, 6.07) is 0. The van der Waals surface area contributed by atoms with E-state index in [-0.39, 0.29) is 0 Å². The standard InChI is InChI=1S/C10H15NO/c12-9(8-2-3-8)11-7-6-10(11)4-1-5-10/h8H,1-7H2. The van der Waals surface area contributed by atoms with Crippen LogP contribution in [0, 0.1) is 5.92 Å². The summed E-state index contributed by atoms with van der Waals surface area (Å²) in [7, 11) is 0. The van der Waals surface area contributed by atoms with Crippen LogP contribution < -0.4 is 0 Å². The van der Waals surface area contributed by atoms with Gasteiger partial charge in [-0.15, -0.1) is 0 Å². The lowest BCUT2D eigenvalue weighted by Gasteiger charge is -2.58. The number of amides is 1. The van der Waals surface area contributed by atoms with Crippen molar-refractivity contribution in [3.8, 4) is 0 Å². The van der Waals surface area contributed by atoms with Crippen LogP contribution in [0.3, 0.4) is 0 Å². The van der Waals surface area contributed by atoms with E-state index in [1.54, 1.807) is 0 Å². The molecule has 0 aromatic heterocycles. The molecule has 12 heavy (non-hydrogen) atoms. The van der Waals surface area contributed by atoms with Crippen LogP contribution in [-0.4, -0.2) is 22.9 Å². The molecule has 3 rings (SSSR count). The maximum absolute atomic E-state index is 11.7. The van der Waals surface area contributed by atoms with Gasteiger partial charge in [0, 0.05) is 18.0 Å². The highest BCUT2D eigenvalue weighted by molar-refractivity contribution is 5.82. The second-order valence-corrected chi connectivity index (χ2v) is 4.59. The Bertz CT molecular complexity index is 222. The predicted octanol–water partition coefficient (Wildman–Crippen LogP) is 1.55. The summed E-state index contributed by atoms with van der Waals surface area (Å²) >= 11 is 0. The number of rotatable bonds is 1. The first-order valence-corrected chi connectivity index (χ1v) is 5.13. The van der Waals surface area contributed by atoms with Crippen molar-refractivity contribution in [2.45, 2.75) is 44.1 Å². The van der Waals surface area contributed by atoms with Crippen LogP contribution in [0.25, 0.3) is 0 Å². The molecule has 1 spiro atoms. The number of hydrogen-bond acceptors (Lipinski definition) is 1. The fourth-order valence-electron chi connectivity index (χ4n) is 2.54. The van der Waals surface area contributed by atoms with Crippen molar-refractivity contribution in [2.24, 2.45) is 5.92 Å². The number of nitrogens with zero attached hydrogens (tertiary/aromatic N) is 1. The Balaban J connectivity index is 1.72. The van der Waals surface area contributed by atoms with Crippen molar-refractivity contribution in [3.63, 3.8) is 0 Å². The Morgan fingerprint density at radius 2 is 2.00 bits per heavy atom. The zero-order chi connectivity index (χ0) is 8.18. The molecule has 0 radical (unpaired) electrons. The summed E-state index contributed by atoms with van der Waals surface area (Å²) < 4.78 is 0. The largest absolute Gasteiger partial charge is 0.337 e. The summed E-state index contributed by atoms with van der Waals surface area (Å²) in [6.07, 6.45) is 7.51. The lowest BCUT2D eigenvalue weighted by Crippen LogP contribution is -2.65. The van der Waals surface area contributed by atoms with Crippen LogP contribution in [0.15, 0.2) is 0 Å². The minimum Gasteiger partial charge on any atom is -0.337 e. The van der Waals surface area contributed by atoms with Gasteiger partial charge < -0.3 is 4.90 Å². The van der Waals surface area contributed by atoms with E-state index in [1.807, 2.05) is 0 Å². The summed E-state index contributed by atoms with van der Waals surface area (Å²) in [4.78, 5) is 13.9. The Kier molecular flexibility index (Phi) is 1.18. The van der Waals surface area contributed by atoms with Crippen LogP contribution in [0.5, 0.6) is 0 Å². The monoisotopic (exact) mass is 165 g/mol. The topological polar surface area (TPSA) is 20.3 Å². The van der Waals surface area contributed by atoms with Crippen molar-refractivity contribution < 1.29 is 4.79 Å². The normalized spacial score (nSPS) is 31.2. The van der Waals surface area contributed by atoms with Crippen molar-refractivity contribution in [2.75, 3.05) is 6.54 Å². The highest BCUT2D eigenvalue weighted by Gasteiger charge is 2.53. The molecule has 3 aliphatic rings. The highest BCUT2D eigenvalue weighted by Crippen LogP contribution is 2.49. The van der Waals surface area contributed by atoms with Gasteiger partial charge in [-0.3, -0.25) is 4.79 Å². The molecule has 2 nitrogen and oxygen atoms in total. The van der Waals surface area contributed by atoms with Gasteiger partial charge in [0.15, 0.2) is 0 Å². The van der Waals surface area contributed by atoms with Crippen LogP contribution in [0.2, 0.25) is 0 Å². The molecule has 2 heteroatoms. The molecule has 0 aromatic rings. The zero-order valence-electron chi connectivity index (χ0n) is 7.38. The van der Waals surface area contributed by atoms with Gasteiger partial charge in [0.1, 0.15) is 0 Å². The van der Waals surface area contributed by atoms with Gasteiger partial charge in [0.25, 0.3) is 0 Å². The zero-order valence-corrected chi connectivity index (χ0v) is 7.38. The van der Waals surface area contributed by atoms with Gasteiger partial charge in [-0.2, -0.15) is 0 Å². The molecule has 1 heterocycles. The third-order valence-electron chi connectivity index (χ3n) is 3.85. The van der Waals surface area contributed by atoms with E-state index in [0.717, 1.165) is 19.4 Å². The van der Waals surface area contributed by atoms with Crippen LogP contribution >= 0.6 is 0 Å². The van der Waals surface area contributed by atoms with E-state index >= 15 is 0 Å². The van der Waals surface area contributed by atoms with E-state index in [9.17, 15) is 4.79 Å². The molecule has 1 saturated heterocycles. The number of carbonyl (C=O) groups excluding carboxylic acids is 1. The van der Waals surface area contributed by atoms with Crippen molar-refractivity contribution in [3.05, 3.63) is 0 Å². The highest BCUT2D eigenvalue weighted by atomic mass is 16.2. The van der Waals surface area contributed by atoms with E-state index < -0.39 is 0 Å². The molecule has 0 unspecified atom stereocenters. The van der Waals surface area contributed by atoms with Gasteiger partial charge in [0.05, 0.1) is 0 Å². The Labute approximate surface area is 72.9 Å². The average molecular weight is 165 g/mol. The number of hydrogen-bond donors (Lipinski definition) is 0. The molecule has 1 amide bonds. The van der Waals surface area contributed by atoms with Gasteiger partial charge in [-0.1, -0.05) is 0 Å². The van der Waals surface area contributed by atoms with Crippen LogP contribution in [0.1, 0.15) is 38.5 Å². The third kappa shape index (κ3) is 0.732. The molecule has 2 aliphatic carbocycles. The van der Waals surface area contributed by atoms with E-state index in [0.29, 0.717) is 17.4 Å². The minimum absolute atomic E-state index is 0.389. The van der Waals surface area contributed by atoms with Crippen molar-refractivity contribution in [1.82, 2.24) is 4.90 Å². The maximum atomic E-state index is 11.7. The lowest BCUT2D eigenvalue weighted by atomic mass is 9.67. The second-order valence-electron chi connectivity index (χ2n) is 4.59. The molecule has 0 bridgehead atoms. The van der Waals surface area contributed by atoms with Gasteiger partial charge in [-0.05, 0) is 38.5 Å². The van der Waals surface area contributed by atoms with Crippen molar-refractivity contribution >= 4 is 5.91 Å². The molecule has 66 valence electrons. The van der Waals surface area contributed by atoms with E-state index in [4.69, 9.17) is 0 Å². The summed E-state index contributed by atoms with van der Waals surface area (Å²) in [5.74, 6) is 0.906. The SMILES string of the molecule is O=C(C1CC1)N1CCC12CCC2.